The average molecular weight is 335 g/mol. The molecule has 0 saturated heterocycles. The molecule has 0 aliphatic carbocycles. The zero-order valence-corrected chi connectivity index (χ0v) is 13.2. The molecule has 112 valence electrons. The largest absolute Gasteiger partial charge is 0.472 e. The molecule has 4 nitrogen and oxygen atoms in total. The van der Waals surface area contributed by atoms with E-state index in [1.54, 1.807) is 18.6 Å². The van der Waals surface area contributed by atoms with E-state index in [1.165, 1.54) is 12.4 Å². The molecule has 6 heteroatoms. The van der Waals surface area contributed by atoms with Gasteiger partial charge in [0.15, 0.2) is 10.8 Å². The van der Waals surface area contributed by atoms with Crippen LogP contribution in [0.4, 0.5) is 0 Å². The number of nitrogens with zero attached hydrogens (tertiary/aromatic N) is 2. The van der Waals surface area contributed by atoms with Gasteiger partial charge in [0.2, 0.25) is 5.88 Å². The van der Waals surface area contributed by atoms with Gasteiger partial charge in [-0.3, -0.25) is 4.98 Å². The van der Waals surface area contributed by atoms with Crippen molar-refractivity contribution in [3.05, 3.63) is 76.6 Å². The highest BCUT2D eigenvalue weighted by atomic mass is 35.5. The molecule has 0 aliphatic heterocycles. The Bertz CT molecular complexity index is 777. The minimum Gasteiger partial charge on any atom is -0.472 e. The lowest BCUT2D eigenvalue weighted by Crippen LogP contribution is -2.31. The van der Waals surface area contributed by atoms with E-state index in [1.807, 2.05) is 31.2 Å². The Morgan fingerprint density at radius 3 is 2.68 bits per heavy atom. The smallest absolute Gasteiger partial charge is 0.234 e. The third-order valence-electron chi connectivity index (χ3n) is 3.34. The molecule has 0 N–H and O–H groups in total. The van der Waals surface area contributed by atoms with Crippen molar-refractivity contribution in [3.63, 3.8) is 0 Å². The maximum Gasteiger partial charge on any atom is 0.234 e. The predicted octanol–water partition coefficient (Wildman–Crippen LogP) is 4.72. The maximum atomic E-state index is 6.11. The van der Waals surface area contributed by atoms with Crippen molar-refractivity contribution in [1.82, 2.24) is 9.97 Å². The second-order valence-corrected chi connectivity index (χ2v) is 5.66. The van der Waals surface area contributed by atoms with Gasteiger partial charge in [-0.2, -0.15) is 4.98 Å². The third-order valence-corrected chi connectivity index (χ3v) is 3.76. The Hall–Kier alpha value is -2.04. The van der Waals surface area contributed by atoms with Gasteiger partial charge in [-0.25, -0.2) is 0 Å². The second-order valence-electron chi connectivity index (χ2n) is 4.84. The van der Waals surface area contributed by atoms with Crippen molar-refractivity contribution in [2.24, 2.45) is 0 Å². The molecular weight excluding hydrogens is 323 g/mol. The van der Waals surface area contributed by atoms with Gasteiger partial charge in [0.25, 0.3) is 0 Å². The Labute approximate surface area is 137 Å². The Kier molecular flexibility index (Phi) is 4.05. The van der Waals surface area contributed by atoms with Crippen LogP contribution in [0.25, 0.3) is 0 Å². The van der Waals surface area contributed by atoms with Crippen LogP contribution in [0.15, 0.2) is 59.7 Å². The van der Waals surface area contributed by atoms with Crippen LogP contribution < -0.4 is 4.74 Å². The molecule has 0 saturated carbocycles. The third kappa shape index (κ3) is 2.93. The van der Waals surface area contributed by atoms with Crippen LogP contribution in [0.1, 0.15) is 18.1 Å². The number of hydrogen-bond acceptors (Lipinski definition) is 4. The summed E-state index contributed by atoms with van der Waals surface area (Å²) in [6.07, 6.45) is 6.17. The van der Waals surface area contributed by atoms with Crippen LogP contribution in [-0.2, 0) is 5.60 Å². The second kappa shape index (κ2) is 5.99. The molecule has 3 rings (SSSR count). The van der Waals surface area contributed by atoms with Crippen molar-refractivity contribution in [1.29, 1.82) is 0 Å². The van der Waals surface area contributed by atoms with E-state index in [0.29, 0.717) is 10.9 Å². The Morgan fingerprint density at radius 1 is 1.14 bits per heavy atom. The minimum atomic E-state index is -0.836. The standard InChI is InChI=1S/C16H12Cl2N2O2/c1-16(12-5-6-21-10-12,11-3-2-4-13(17)7-11)22-15-9-19-8-14(18)20-15/h2-10H,1H3. The van der Waals surface area contributed by atoms with Crippen LogP contribution in [0, 0.1) is 0 Å². The summed E-state index contributed by atoms with van der Waals surface area (Å²) < 4.78 is 11.3. The molecule has 1 atom stereocenters. The summed E-state index contributed by atoms with van der Waals surface area (Å²) in [7, 11) is 0. The number of aromatic nitrogens is 2. The summed E-state index contributed by atoms with van der Waals surface area (Å²) in [5, 5.41) is 0.881. The summed E-state index contributed by atoms with van der Waals surface area (Å²) in [6.45, 7) is 1.91. The fourth-order valence-corrected chi connectivity index (χ4v) is 2.52. The molecule has 0 fully saturated rings. The molecule has 0 radical (unpaired) electrons. The number of hydrogen-bond donors (Lipinski definition) is 0. The monoisotopic (exact) mass is 334 g/mol. The quantitative estimate of drug-likeness (QED) is 0.692. The van der Waals surface area contributed by atoms with Crippen molar-refractivity contribution in [3.8, 4) is 5.88 Å². The van der Waals surface area contributed by atoms with Crippen molar-refractivity contribution in [2.45, 2.75) is 12.5 Å². The first-order valence-electron chi connectivity index (χ1n) is 6.53. The van der Waals surface area contributed by atoms with E-state index in [4.69, 9.17) is 32.4 Å². The molecule has 0 amide bonds. The van der Waals surface area contributed by atoms with Gasteiger partial charge in [0, 0.05) is 16.1 Å². The first-order valence-corrected chi connectivity index (χ1v) is 7.29. The van der Waals surface area contributed by atoms with Crippen molar-refractivity contribution in [2.75, 3.05) is 0 Å². The van der Waals surface area contributed by atoms with Crippen LogP contribution in [0.5, 0.6) is 5.88 Å². The topological polar surface area (TPSA) is 48.2 Å². The van der Waals surface area contributed by atoms with E-state index in [0.717, 1.165) is 11.1 Å². The molecule has 3 aromatic rings. The Balaban J connectivity index is 2.08. The van der Waals surface area contributed by atoms with Gasteiger partial charge in [-0.1, -0.05) is 35.3 Å². The Morgan fingerprint density at radius 2 is 2.00 bits per heavy atom. The molecule has 0 bridgehead atoms. The van der Waals surface area contributed by atoms with E-state index in [-0.39, 0.29) is 5.15 Å². The first-order chi connectivity index (χ1) is 10.6. The molecule has 2 aromatic heterocycles. The highest BCUT2D eigenvalue weighted by Crippen LogP contribution is 2.35. The summed E-state index contributed by atoms with van der Waals surface area (Å²) in [6, 6.07) is 9.27. The van der Waals surface area contributed by atoms with E-state index in [9.17, 15) is 0 Å². The fraction of sp³-hybridized carbons (Fsp3) is 0.125. The zero-order chi connectivity index (χ0) is 15.6. The molecule has 1 aromatic carbocycles. The minimum absolute atomic E-state index is 0.262. The molecule has 0 aliphatic rings. The summed E-state index contributed by atoms with van der Waals surface area (Å²) in [5.41, 5.74) is 0.858. The van der Waals surface area contributed by atoms with Crippen LogP contribution in [0.2, 0.25) is 10.2 Å². The van der Waals surface area contributed by atoms with Crippen molar-refractivity contribution >= 4 is 23.2 Å². The lowest BCUT2D eigenvalue weighted by molar-refractivity contribution is 0.124. The number of ether oxygens (including phenoxy) is 1. The summed E-state index contributed by atoms with van der Waals surface area (Å²) >= 11 is 12.0. The van der Waals surface area contributed by atoms with Gasteiger partial charge >= 0.3 is 0 Å². The molecular formula is C16H12Cl2N2O2. The first kappa shape index (κ1) is 14.9. The van der Waals surface area contributed by atoms with E-state index >= 15 is 0 Å². The van der Waals surface area contributed by atoms with Gasteiger partial charge in [-0.05, 0) is 25.1 Å². The molecule has 0 spiro atoms. The van der Waals surface area contributed by atoms with Crippen LogP contribution >= 0.6 is 23.2 Å². The van der Waals surface area contributed by atoms with Crippen LogP contribution in [-0.4, -0.2) is 9.97 Å². The van der Waals surface area contributed by atoms with Crippen LogP contribution in [0.3, 0.4) is 0 Å². The number of furan rings is 1. The van der Waals surface area contributed by atoms with Gasteiger partial charge in [0.1, 0.15) is 0 Å². The highest BCUT2D eigenvalue weighted by molar-refractivity contribution is 6.30. The van der Waals surface area contributed by atoms with Gasteiger partial charge in [0.05, 0.1) is 24.9 Å². The highest BCUT2D eigenvalue weighted by Gasteiger charge is 2.33. The average Bonchev–Trinajstić information content (AvgIpc) is 3.02. The normalized spacial score (nSPS) is 13.6. The number of halogens is 2. The lowest BCUT2D eigenvalue weighted by atomic mass is 9.90. The van der Waals surface area contributed by atoms with Gasteiger partial charge < -0.3 is 9.15 Å². The number of rotatable bonds is 4. The molecule has 22 heavy (non-hydrogen) atoms. The SMILES string of the molecule is CC(Oc1cncc(Cl)n1)(c1ccoc1)c1cccc(Cl)c1. The summed E-state index contributed by atoms with van der Waals surface area (Å²) in [5.74, 6) is 0.316. The molecule has 1 unspecified atom stereocenters. The van der Waals surface area contributed by atoms with Gasteiger partial charge in [-0.15, -0.1) is 0 Å². The predicted molar refractivity (Wildman–Crippen MR) is 84.3 cm³/mol. The lowest BCUT2D eigenvalue weighted by Gasteiger charge is -2.29. The summed E-state index contributed by atoms with van der Waals surface area (Å²) in [4.78, 5) is 8.13. The zero-order valence-electron chi connectivity index (χ0n) is 11.7. The fourth-order valence-electron chi connectivity index (χ4n) is 2.19. The van der Waals surface area contributed by atoms with E-state index in [2.05, 4.69) is 9.97 Å². The maximum absolute atomic E-state index is 6.11. The van der Waals surface area contributed by atoms with E-state index < -0.39 is 5.60 Å². The van der Waals surface area contributed by atoms with Crippen molar-refractivity contribution < 1.29 is 9.15 Å². The molecule has 2 heterocycles. The number of benzene rings is 1.